The highest BCUT2D eigenvalue weighted by Crippen LogP contribution is 2.34. The van der Waals surface area contributed by atoms with Gasteiger partial charge in [-0.3, -0.25) is 9.69 Å². The van der Waals surface area contributed by atoms with Crippen LogP contribution in [0, 0.1) is 0 Å². The SMILES string of the molecule is [2H]C(C)CCOc1nc(N)c2c(n1)N(Cc1cccc(CN3CCCC3)c1)CC(=O)N2. The highest BCUT2D eigenvalue weighted by molar-refractivity contribution is 6.03. The molecule has 0 spiro atoms. The molecule has 30 heavy (non-hydrogen) atoms. The normalized spacial score (nSPS) is 18.0. The van der Waals surface area contributed by atoms with Gasteiger partial charge in [-0.2, -0.15) is 9.97 Å². The van der Waals surface area contributed by atoms with Crippen LogP contribution >= 0.6 is 0 Å². The molecule has 160 valence electrons. The predicted octanol–water partition coefficient (Wildman–Crippen LogP) is 2.79. The van der Waals surface area contributed by atoms with Crippen LogP contribution in [0.5, 0.6) is 6.01 Å². The van der Waals surface area contributed by atoms with E-state index >= 15 is 0 Å². The first kappa shape index (κ1) is 19.1. The minimum absolute atomic E-state index is 0.146. The Morgan fingerprint density at radius 3 is 2.77 bits per heavy atom. The molecule has 8 heteroatoms. The van der Waals surface area contributed by atoms with Crippen LogP contribution in [-0.4, -0.2) is 47.0 Å². The van der Waals surface area contributed by atoms with E-state index in [9.17, 15) is 4.79 Å². The van der Waals surface area contributed by atoms with Gasteiger partial charge in [0.05, 0.1) is 13.2 Å². The van der Waals surface area contributed by atoms with Crippen molar-refractivity contribution in [2.75, 3.05) is 42.2 Å². The highest BCUT2D eigenvalue weighted by Gasteiger charge is 2.27. The number of benzene rings is 1. The van der Waals surface area contributed by atoms with Gasteiger partial charge in [0.1, 0.15) is 5.69 Å². The van der Waals surface area contributed by atoms with Gasteiger partial charge in [-0.1, -0.05) is 37.6 Å². The standard InChI is InChI=1S/C22H30N6O2/c1-2-3-11-30-22-25-20(23)19-21(26-22)28(15-18(29)24-19)14-17-8-6-7-16(12-17)13-27-9-4-5-10-27/h6-8,12H,2-5,9-11,13-15H2,1H3,(H,24,29)(H2,23,25,26)/i2D. The van der Waals surface area contributed by atoms with Crippen LogP contribution in [0.3, 0.4) is 0 Å². The molecule has 2 aromatic rings. The summed E-state index contributed by atoms with van der Waals surface area (Å²) >= 11 is 0. The predicted molar refractivity (Wildman–Crippen MR) is 117 cm³/mol. The summed E-state index contributed by atoms with van der Waals surface area (Å²) in [6.07, 6.45) is 2.89. The fourth-order valence-corrected chi connectivity index (χ4v) is 3.93. The molecule has 0 bridgehead atoms. The number of hydrogen-bond donors (Lipinski definition) is 2. The Kier molecular flexibility index (Phi) is 5.92. The lowest BCUT2D eigenvalue weighted by Gasteiger charge is -2.30. The molecule has 1 amide bonds. The number of nitrogens with one attached hydrogen (secondary N) is 1. The Balaban J connectivity index is 1.52. The third-order valence-electron chi connectivity index (χ3n) is 5.40. The quantitative estimate of drug-likeness (QED) is 0.689. The van der Waals surface area contributed by atoms with Crippen molar-refractivity contribution in [2.24, 2.45) is 0 Å². The molecule has 1 unspecified atom stereocenters. The summed E-state index contributed by atoms with van der Waals surface area (Å²) in [4.78, 5) is 25.3. The van der Waals surface area contributed by atoms with E-state index in [2.05, 4.69) is 44.5 Å². The van der Waals surface area contributed by atoms with E-state index in [0.717, 1.165) is 25.2 Å². The van der Waals surface area contributed by atoms with E-state index in [1.165, 1.54) is 18.4 Å². The summed E-state index contributed by atoms with van der Waals surface area (Å²) in [7, 11) is 0. The minimum atomic E-state index is -0.224. The number of carbonyl (C=O) groups excluding carboxylic acids is 1. The summed E-state index contributed by atoms with van der Waals surface area (Å²) in [6.45, 7) is 6.13. The molecule has 4 rings (SSSR count). The number of ether oxygens (including phenoxy) is 1. The molecule has 1 aromatic heterocycles. The fourth-order valence-electron chi connectivity index (χ4n) is 3.93. The van der Waals surface area contributed by atoms with Crippen molar-refractivity contribution in [1.82, 2.24) is 14.9 Å². The molecule has 1 saturated heterocycles. The Morgan fingerprint density at radius 1 is 1.23 bits per heavy atom. The van der Waals surface area contributed by atoms with Crippen LogP contribution in [0.2, 0.25) is 0 Å². The maximum absolute atomic E-state index is 12.3. The van der Waals surface area contributed by atoms with Crippen LogP contribution in [0.1, 0.15) is 45.1 Å². The first-order chi connectivity index (χ1) is 15.0. The number of fused-ring (bicyclic) bond motifs is 1. The van der Waals surface area contributed by atoms with Gasteiger partial charge in [-0.05, 0) is 43.5 Å². The molecule has 2 aliphatic heterocycles. The summed E-state index contributed by atoms with van der Waals surface area (Å²) in [5.74, 6) is 0.596. The third-order valence-corrected chi connectivity index (χ3v) is 5.40. The number of carbonyl (C=O) groups is 1. The molecule has 0 radical (unpaired) electrons. The van der Waals surface area contributed by atoms with E-state index < -0.39 is 0 Å². The first-order valence-electron chi connectivity index (χ1n) is 11.1. The summed E-state index contributed by atoms with van der Waals surface area (Å²) < 4.78 is 13.2. The van der Waals surface area contributed by atoms with Crippen molar-refractivity contribution in [3.63, 3.8) is 0 Å². The van der Waals surface area contributed by atoms with Crippen molar-refractivity contribution < 1.29 is 10.9 Å². The maximum Gasteiger partial charge on any atom is 0.320 e. The highest BCUT2D eigenvalue weighted by atomic mass is 16.5. The zero-order valence-electron chi connectivity index (χ0n) is 18.4. The van der Waals surface area contributed by atoms with Gasteiger partial charge >= 0.3 is 6.01 Å². The van der Waals surface area contributed by atoms with E-state index in [1.807, 2.05) is 4.90 Å². The molecule has 0 aliphatic carbocycles. The molecular formula is C22H30N6O2. The number of hydrogen-bond acceptors (Lipinski definition) is 7. The van der Waals surface area contributed by atoms with Gasteiger partial charge in [-0.15, -0.1) is 0 Å². The third kappa shape index (κ3) is 4.81. The summed E-state index contributed by atoms with van der Waals surface area (Å²) in [5.41, 5.74) is 8.90. The van der Waals surface area contributed by atoms with E-state index in [1.54, 1.807) is 6.92 Å². The first-order valence-corrected chi connectivity index (χ1v) is 10.6. The Labute approximate surface area is 178 Å². The van der Waals surface area contributed by atoms with Crippen molar-refractivity contribution in [1.29, 1.82) is 0 Å². The fraction of sp³-hybridized carbons (Fsp3) is 0.500. The van der Waals surface area contributed by atoms with Crippen molar-refractivity contribution in [3.05, 3.63) is 35.4 Å². The number of nitrogen functional groups attached to an aromatic ring is 1. The number of aromatic nitrogens is 2. The van der Waals surface area contributed by atoms with Crippen LogP contribution in [0.4, 0.5) is 17.3 Å². The molecule has 3 heterocycles. The number of nitrogens with two attached hydrogens (primary N) is 1. The van der Waals surface area contributed by atoms with Crippen molar-refractivity contribution >= 4 is 23.2 Å². The van der Waals surface area contributed by atoms with Gasteiger partial charge in [0.25, 0.3) is 0 Å². The second-order valence-electron chi connectivity index (χ2n) is 7.84. The summed E-state index contributed by atoms with van der Waals surface area (Å²) in [5, 5.41) is 2.78. The number of nitrogens with zero attached hydrogens (tertiary/aromatic N) is 4. The summed E-state index contributed by atoms with van der Waals surface area (Å²) in [6, 6.07) is 8.65. The van der Waals surface area contributed by atoms with Crippen LogP contribution < -0.4 is 20.7 Å². The second kappa shape index (κ2) is 9.30. The number of likely N-dealkylation sites (tertiary alicyclic amines) is 1. The average Bonchev–Trinajstić information content (AvgIpc) is 3.22. The molecule has 2 aliphatic rings. The number of amides is 1. The molecule has 1 aromatic carbocycles. The number of anilines is 3. The van der Waals surface area contributed by atoms with Crippen molar-refractivity contribution in [3.8, 4) is 6.01 Å². The maximum atomic E-state index is 12.3. The van der Waals surface area contributed by atoms with Crippen LogP contribution in [-0.2, 0) is 17.9 Å². The van der Waals surface area contributed by atoms with Gasteiger partial charge in [0.15, 0.2) is 11.6 Å². The molecule has 3 N–H and O–H groups in total. The Morgan fingerprint density at radius 2 is 2.00 bits per heavy atom. The topological polar surface area (TPSA) is 96.6 Å². The van der Waals surface area contributed by atoms with Gasteiger partial charge in [0, 0.05) is 14.5 Å². The lowest BCUT2D eigenvalue weighted by atomic mass is 10.1. The molecule has 0 saturated carbocycles. The smallest absolute Gasteiger partial charge is 0.320 e. The lowest BCUT2D eigenvalue weighted by molar-refractivity contribution is -0.115. The van der Waals surface area contributed by atoms with Crippen LogP contribution in [0.15, 0.2) is 24.3 Å². The average molecular weight is 412 g/mol. The molecule has 1 fully saturated rings. The van der Waals surface area contributed by atoms with Gasteiger partial charge in [-0.25, -0.2) is 0 Å². The Bertz CT molecular complexity index is 932. The zero-order valence-corrected chi connectivity index (χ0v) is 17.4. The van der Waals surface area contributed by atoms with E-state index in [0.29, 0.717) is 31.1 Å². The van der Waals surface area contributed by atoms with E-state index in [-0.39, 0.29) is 30.7 Å². The van der Waals surface area contributed by atoms with Crippen molar-refractivity contribution in [2.45, 2.75) is 45.7 Å². The lowest BCUT2D eigenvalue weighted by Crippen LogP contribution is -2.39. The van der Waals surface area contributed by atoms with Crippen LogP contribution in [0.25, 0.3) is 0 Å². The molecular weight excluding hydrogens is 380 g/mol. The Hall–Kier alpha value is -2.87. The minimum Gasteiger partial charge on any atom is -0.463 e. The largest absolute Gasteiger partial charge is 0.463 e. The second-order valence-corrected chi connectivity index (χ2v) is 7.84. The number of rotatable bonds is 8. The van der Waals surface area contributed by atoms with Gasteiger partial charge in [0.2, 0.25) is 5.91 Å². The monoisotopic (exact) mass is 411 g/mol. The molecule has 1 atom stereocenters. The molecule has 8 nitrogen and oxygen atoms in total. The zero-order chi connectivity index (χ0) is 21.8. The van der Waals surface area contributed by atoms with Gasteiger partial charge < -0.3 is 20.7 Å². The van der Waals surface area contributed by atoms with E-state index in [4.69, 9.17) is 11.8 Å².